The molecule has 0 aliphatic carbocycles. The van der Waals surface area contributed by atoms with E-state index in [-0.39, 0.29) is 23.4 Å². The number of aliphatic hydroxyl groups excluding tert-OH is 3. The first-order valence-electron chi connectivity index (χ1n) is 12.3. The summed E-state index contributed by atoms with van der Waals surface area (Å²) in [5.41, 5.74) is 5.90. The molecule has 2 aliphatic rings. The number of amides is 1. The van der Waals surface area contributed by atoms with Crippen LogP contribution < -0.4 is 5.73 Å². The van der Waals surface area contributed by atoms with Crippen LogP contribution in [0.4, 0.5) is 13.2 Å². The second-order valence-corrected chi connectivity index (χ2v) is 9.74. The molecule has 0 unspecified atom stereocenters. The van der Waals surface area contributed by atoms with Crippen molar-refractivity contribution in [2.24, 2.45) is 5.73 Å². The van der Waals surface area contributed by atoms with Crippen molar-refractivity contribution in [1.29, 1.82) is 0 Å². The Balaban J connectivity index is 1.40. The summed E-state index contributed by atoms with van der Waals surface area (Å²) >= 11 is 0. The van der Waals surface area contributed by atoms with Gasteiger partial charge in [0.25, 0.3) is 0 Å². The summed E-state index contributed by atoms with van der Waals surface area (Å²) < 4.78 is 60.1. The minimum atomic E-state index is -1.84. The first-order chi connectivity index (χ1) is 19.1. The van der Waals surface area contributed by atoms with Gasteiger partial charge >= 0.3 is 0 Å². The van der Waals surface area contributed by atoms with E-state index in [2.05, 4.69) is 10.3 Å². The van der Waals surface area contributed by atoms with Gasteiger partial charge in [-0.05, 0) is 36.8 Å². The lowest BCUT2D eigenvalue weighted by molar-refractivity contribution is -0.345. The third-order valence-corrected chi connectivity index (χ3v) is 7.49. The number of furan rings is 1. The topological polar surface area (TPSA) is 166 Å². The summed E-state index contributed by atoms with van der Waals surface area (Å²) in [6.07, 6.45) is -2.89. The molecular weight excluding hydrogens is 537 g/mol. The van der Waals surface area contributed by atoms with Gasteiger partial charge < -0.3 is 34.9 Å². The lowest BCUT2D eigenvalue weighted by Gasteiger charge is -2.49. The Labute approximate surface area is 223 Å². The van der Waals surface area contributed by atoms with Crippen LogP contribution in [-0.4, -0.2) is 73.5 Å². The van der Waals surface area contributed by atoms with Gasteiger partial charge in [0.2, 0.25) is 11.7 Å². The highest BCUT2D eigenvalue weighted by molar-refractivity contribution is 6.05. The Morgan fingerprint density at radius 2 is 1.93 bits per heavy atom. The van der Waals surface area contributed by atoms with Crippen LogP contribution in [0.5, 0.6) is 0 Å². The van der Waals surface area contributed by atoms with Crippen LogP contribution in [0.3, 0.4) is 0 Å². The molecule has 0 bridgehead atoms. The number of halogens is 3. The number of nitrogens with zero attached hydrogens (tertiary/aromatic N) is 3. The van der Waals surface area contributed by atoms with E-state index in [1.807, 2.05) is 0 Å². The number of rotatable bonds is 5. The van der Waals surface area contributed by atoms with Crippen molar-refractivity contribution < 1.29 is 47.2 Å². The van der Waals surface area contributed by atoms with E-state index < -0.39 is 66.0 Å². The van der Waals surface area contributed by atoms with Crippen molar-refractivity contribution in [2.45, 2.75) is 42.5 Å². The zero-order valence-electron chi connectivity index (χ0n) is 20.6. The largest absolute Gasteiger partial charge is 0.461 e. The fourth-order valence-electron chi connectivity index (χ4n) is 5.58. The molecule has 2 aliphatic heterocycles. The van der Waals surface area contributed by atoms with Gasteiger partial charge in [-0.15, -0.1) is 5.10 Å². The third kappa shape index (κ3) is 3.98. The van der Waals surface area contributed by atoms with Crippen LogP contribution in [0.25, 0.3) is 22.2 Å². The zero-order valence-corrected chi connectivity index (χ0v) is 20.6. The SMILES string of the molecule is NC(=O)c1cccc2oc([C@H]3CCO[C@]34O[C@H](CO)[C@H](O)[C@H](n3cc(-c5cc(F)c(F)c(F)c5)nn3)[C@H]4O)cc12. The second kappa shape index (κ2) is 9.67. The maximum Gasteiger partial charge on any atom is 0.249 e. The molecule has 14 heteroatoms. The van der Waals surface area contributed by atoms with Gasteiger partial charge in [-0.2, -0.15) is 0 Å². The third-order valence-electron chi connectivity index (χ3n) is 7.49. The predicted octanol–water partition coefficient (Wildman–Crippen LogP) is 1.76. The lowest BCUT2D eigenvalue weighted by Crippen LogP contribution is -2.64. The Morgan fingerprint density at radius 1 is 1.18 bits per heavy atom. The number of nitrogens with two attached hydrogens (primary N) is 1. The molecule has 0 saturated carbocycles. The van der Waals surface area contributed by atoms with Crippen molar-refractivity contribution >= 4 is 16.9 Å². The molecule has 6 atom stereocenters. The average Bonchev–Trinajstić information content (AvgIpc) is 3.67. The van der Waals surface area contributed by atoms with Crippen molar-refractivity contribution in [3.05, 3.63) is 71.4 Å². The molecule has 4 aromatic rings. The van der Waals surface area contributed by atoms with Gasteiger partial charge in [-0.3, -0.25) is 4.79 Å². The highest BCUT2D eigenvalue weighted by atomic mass is 19.2. The zero-order chi connectivity index (χ0) is 28.3. The number of hydrogen-bond acceptors (Lipinski definition) is 9. The van der Waals surface area contributed by atoms with E-state index in [1.54, 1.807) is 24.3 Å². The number of fused-ring (bicyclic) bond motifs is 1. The van der Waals surface area contributed by atoms with Crippen molar-refractivity contribution in [1.82, 2.24) is 15.0 Å². The van der Waals surface area contributed by atoms with Gasteiger partial charge in [0.15, 0.2) is 17.5 Å². The van der Waals surface area contributed by atoms with Gasteiger partial charge in [-0.25, -0.2) is 17.9 Å². The summed E-state index contributed by atoms with van der Waals surface area (Å²) in [7, 11) is 0. The monoisotopic (exact) mass is 560 g/mol. The smallest absolute Gasteiger partial charge is 0.249 e. The van der Waals surface area contributed by atoms with Crippen molar-refractivity contribution in [3.63, 3.8) is 0 Å². The van der Waals surface area contributed by atoms with Gasteiger partial charge in [0.05, 0.1) is 30.9 Å². The molecule has 210 valence electrons. The normalized spacial score (nSPS) is 28.5. The van der Waals surface area contributed by atoms with Gasteiger partial charge in [0, 0.05) is 10.9 Å². The number of ether oxygens (including phenoxy) is 2. The summed E-state index contributed by atoms with van der Waals surface area (Å²) in [4.78, 5) is 11.9. The second-order valence-electron chi connectivity index (χ2n) is 9.74. The Hall–Kier alpha value is -3.82. The molecule has 1 amide bonds. The molecule has 11 nitrogen and oxygen atoms in total. The van der Waals surface area contributed by atoms with E-state index in [9.17, 15) is 33.3 Å². The van der Waals surface area contributed by atoms with E-state index in [1.165, 1.54) is 6.20 Å². The fourth-order valence-corrected chi connectivity index (χ4v) is 5.58. The predicted molar refractivity (Wildman–Crippen MR) is 129 cm³/mol. The number of aliphatic hydroxyl groups is 3. The van der Waals surface area contributed by atoms with Crippen LogP contribution in [0, 0.1) is 17.5 Å². The summed E-state index contributed by atoms with van der Waals surface area (Å²) in [5, 5.41) is 41.0. The number of aromatic nitrogens is 3. The summed E-state index contributed by atoms with van der Waals surface area (Å²) in [5.74, 6) is -7.44. The molecule has 2 aromatic carbocycles. The molecule has 6 rings (SSSR count). The average molecular weight is 560 g/mol. The quantitative estimate of drug-likeness (QED) is 0.266. The highest BCUT2D eigenvalue weighted by Gasteiger charge is 2.62. The standard InChI is InChI=1S/C26H23F3N4O7/c27-15-6-11(7-16(28)21(15)29)17-9-33(32-31-17)22-23(35)20(10-34)40-26(24(22)36)14(4-5-38-26)19-8-13-12(25(30)37)2-1-3-18(13)39-19/h1-3,6-9,14,20,22-24,34-36H,4-5,10H2,(H2,30,37)/t14-,20-,22+,23+,24-,26+/m1/s1. The minimum Gasteiger partial charge on any atom is -0.461 e. The van der Waals surface area contributed by atoms with Gasteiger partial charge in [0.1, 0.15) is 41.4 Å². The number of primary amides is 1. The van der Waals surface area contributed by atoms with E-state index >= 15 is 0 Å². The Kier molecular flexibility index (Phi) is 6.39. The van der Waals surface area contributed by atoms with E-state index in [0.29, 0.717) is 23.2 Å². The number of benzene rings is 2. The Morgan fingerprint density at radius 3 is 2.62 bits per heavy atom. The first kappa shape index (κ1) is 26.4. The highest BCUT2D eigenvalue weighted by Crippen LogP contribution is 2.51. The fraction of sp³-hybridized carbons (Fsp3) is 0.346. The molecule has 0 radical (unpaired) electrons. The van der Waals surface area contributed by atoms with E-state index in [0.717, 1.165) is 16.8 Å². The van der Waals surface area contributed by atoms with Crippen molar-refractivity contribution in [3.8, 4) is 11.3 Å². The molecular formula is C26H23F3N4O7. The van der Waals surface area contributed by atoms with Crippen LogP contribution in [0.1, 0.15) is 34.5 Å². The van der Waals surface area contributed by atoms with Gasteiger partial charge in [-0.1, -0.05) is 11.3 Å². The molecule has 1 spiro atoms. The molecule has 40 heavy (non-hydrogen) atoms. The maximum atomic E-state index is 13.8. The number of carbonyl (C=O) groups excluding carboxylic acids is 1. The van der Waals surface area contributed by atoms with Crippen molar-refractivity contribution in [2.75, 3.05) is 13.2 Å². The Bertz CT molecular complexity index is 1590. The number of carbonyl (C=O) groups is 1. The van der Waals surface area contributed by atoms with Crippen LogP contribution >= 0.6 is 0 Å². The maximum absolute atomic E-state index is 13.8. The minimum absolute atomic E-state index is 0.0709. The summed E-state index contributed by atoms with van der Waals surface area (Å²) in [6.45, 7) is -0.552. The molecule has 2 aromatic heterocycles. The molecule has 4 heterocycles. The molecule has 2 fully saturated rings. The van der Waals surface area contributed by atoms with Crippen LogP contribution in [-0.2, 0) is 9.47 Å². The van der Waals surface area contributed by atoms with Crippen LogP contribution in [0.2, 0.25) is 0 Å². The number of hydrogen-bond donors (Lipinski definition) is 4. The molecule has 5 N–H and O–H groups in total. The van der Waals surface area contributed by atoms with Crippen LogP contribution in [0.15, 0.2) is 47.0 Å². The summed E-state index contributed by atoms with van der Waals surface area (Å²) in [6, 6.07) is 6.57. The first-order valence-corrected chi connectivity index (χ1v) is 12.3. The van der Waals surface area contributed by atoms with E-state index in [4.69, 9.17) is 19.6 Å². The molecule has 2 saturated heterocycles. The lowest BCUT2D eigenvalue weighted by atomic mass is 9.82.